The summed E-state index contributed by atoms with van der Waals surface area (Å²) in [5, 5.41) is 8.19. The molecule has 166 valence electrons. The highest BCUT2D eigenvalue weighted by Gasteiger charge is 2.31. The van der Waals surface area contributed by atoms with Crippen LogP contribution in [0.2, 0.25) is 0 Å². The number of benzene rings is 2. The Morgan fingerprint density at radius 3 is 2.88 bits per heavy atom. The first-order chi connectivity index (χ1) is 16.1. The minimum atomic E-state index is -0.187. The molecule has 1 atom stereocenters. The monoisotopic (exact) mass is 460 g/mol. The Bertz CT molecular complexity index is 1400. The minimum Gasteiger partial charge on any atom is -0.497 e. The second kappa shape index (κ2) is 8.48. The van der Waals surface area contributed by atoms with Crippen molar-refractivity contribution in [1.29, 1.82) is 0 Å². The summed E-state index contributed by atoms with van der Waals surface area (Å²) in [5.74, 6) is 4.66. The lowest BCUT2D eigenvalue weighted by atomic mass is 9.87. The molecule has 0 spiro atoms. The fraction of sp³-hybridized carbons (Fsp3) is 0.208. The maximum atomic E-state index is 12.6. The van der Waals surface area contributed by atoms with Crippen LogP contribution in [0.4, 0.5) is 5.82 Å². The third kappa shape index (κ3) is 3.75. The Morgan fingerprint density at radius 1 is 1.21 bits per heavy atom. The van der Waals surface area contributed by atoms with Crippen molar-refractivity contribution >= 4 is 33.3 Å². The molecule has 1 aliphatic heterocycles. The first-order valence-electron chi connectivity index (χ1n) is 10.2. The second-order valence-electron chi connectivity index (χ2n) is 7.40. The molecule has 5 rings (SSSR count). The molecule has 0 radical (unpaired) electrons. The molecular formula is C24H20N4O4S. The van der Waals surface area contributed by atoms with E-state index in [1.54, 1.807) is 25.1 Å². The molecule has 0 aliphatic carbocycles. The van der Waals surface area contributed by atoms with E-state index < -0.39 is 0 Å². The maximum absolute atomic E-state index is 12.6. The summed E-state index contributed by atoms with van der Waals surface area (Å²) in [6, 6.07) is 11.3. The minimum absolute atomic E-state index is 0.0938. The van der Waals surface area contributed by atoms with Crippen LogP contribution < -0.4 is 19.5 Å². The van der Waals surface area contributed by atoms with Crippen molar-refractivity contribution in [3.8, 4) is 34.7 Å². The summed E-state index contributed by atoms with van der Waals surface area (Å²) in [6.45, 7) is 0.145. The van der Waals surface area contributed by atoms with Crippen LogP contribution in [0.3, 0.4) is 0 Å². The number of nitrogens with one attached hydrogen (secondary N) is 1. The molecule has 9 heteroatoms. The van der Waals surface area contributed by atoms with E-state index in [0.29, 0.717) is 28.9 Å². The summed E-state index contributed by atoms with van der Waals surface area (Å²) in [5.41, 5.74) is 2.67. The third-order valence-corrected chi connectivity index (χ3v) is 6.48. The van der Waals surface area contributed by atoms with Crippen molar-refractivity contribution in [2.75, 3.05) is 26.1 Å². The summed E-state index contributed by atoms with van der Waals surface area (Å²) in [4.78, 5) is 17.3. The smallest absolute Gasteiger partial charge is 0.226 e. The number of carbonyl (C=O) groups is 1. The lowest BCUT2D eigenvalue weighted by Gasteiger charge is -2.24. The maximum Gasteiger partial charge on any atom is 0.226 e. The van der Waals surface area contributed by atoms with Crippen LogP contribution in [0.15, 0.2) is 42.6 Å². The van der Waals surface area contributed by atoms with Crippen LogP contribution in [0, 0.1) is 12.3 Å². The van der Waals surface area contributed by atoms with Gasteiger partial charge in [-0.2, -0.15) is 9.78 Å². The summed E-state index contributed by atoms with van der Waals surface area (Å²) < 4.78 is 19.0. The van der Waals surface area contributed by atoms with E-state index in [4.69, 9.17) is 20.6 Å². The highest BCUT2D eigenvalue weighted by molar-refractivity contribution is 7.20. The Balaban J connectivity index is 1.54. The van der Waals surface area contributed by atoms with Gasteiger partial charge in [0.1, 0.15) is 18.2 Å². The van der Waals surface area contributed by atoms with E-state index in [-0.39, 0.29) is 18.4 Å². The van der Waals surface area contributed by atoms with Crippen LogP contribution in [0.1, 0.15) is 23.5 Å². The van der Waals surface area contributed by atoms with Gasteiger partial charge in [0.25, 0.3) is 0 Å². The number of hydrogen-bond donors (Lipinski definition) is 1. The molecule has 2 aromatic heterocycles. The number of thiazole rings is 1. The molecule has 0 bridgehead atoms. The lowest BCUT2D eigenvalue weighted by molar-refractivity contribution is -0.116. The average Bonchev–Trinajstić information content (AvgIpc) is 3.45. The molecule has 0 unspecified atom stereocenters. The average molecular weight is 461 g/mol. The zero-order valence-corrected chi connectivity index (χ0v) is 18.8. The number of amides is 1. The van der Waals surface area contributed by atoms with Gasteiger partial charge in [-0.25, -0.2) is 4.98 Å². The predicted molar refractivity (Wildman–Crippen MR) is 126 cm³/mol. The van der Waals surface area contributed by atoms with Crippen LogP contribution in [0.25, 0.3) is 15.3 Å². The highest BCUT2D eigenvalue weighted by atomic mass is 32.1. The standard InChI is InChI=1S/C24H20N4O4S/c1-4-9-32-19-8-5-14(10-20(19)31-3)16-12-22(29)27-23-17(16)13-25-28(23)24-26-18-7-6-15(30-2)11-21(18)33-24/h1,5-8,10-11,13,16H,9,12H2,2-3H3,(H,27,29)/t16-/m1/s1. The third-order valence-electron chi connectivity index (χ3n) is 5.49. The van der Waals surface area contributed by atoms with Crippen LogP contribution >= 0.6 is 11.3 Å². The quantitative estimate of drug-likeness (QED) is 0.438. The molecule has 8 nitrogen and oxygen atoms in total. The molecule has 33 heavy (non-hydrogen) atoms. The number of methoxy groups -OCH3 is 2. The molecule has 4 aromatic rings. The van der Waals surface area contributed by atoms with Gasteiger partial charge in [0.05, 0.1) is 30.6 Å². The molecule has 0 saturated carbocycles. The van der Waals surface area contributed by atoms with Crippen molar-refractivity contribution in [1.82, 2.24) is 14.8 Å². The second-order valence-corrected chi connectivity index (χ2v) is 8.41. The van der Waals surface area contributed by atoms with E-state index in [9.17, 15) is 4.79 Å². The summed E-state index contributed by atoms with van der Waals surface area (Å²) in [7, 11) is 3.20. The Labute approximate surface area is 194 Å². The molecule has 0 saturated heterocycles. The molecule has 2 aromatic carbocycles. The van der Waals surface area contributed by atoms with Crippen molar-refractivity contribution < 1.29 is 19.0 Å². The van der Waals surface area contributed by atoms with Crippen LogP contribution in [0.5, 0.6) is 17.2 Å². The normalized spacial score (nSPS) is 14.9. The van der Waals surface area contributed by atoms with Crippen molar-refractivity contribution in [3.05, 3.63) is 53.7 Å². The number of aromatic nitrogens is 3. The lowest BCUT2D eigenvalue weighted by Crippen LogP contribution is -2.24. The zero-order chi connectivity index (χ0) is 22.9. The fourth-order valence-electron chi connectivity index (χ4n) is 3.91. The van der Waals surface area contributed by atoms with Crippen molar-refractivity contribution in [3.63, 3.8) is 0 Å². The summed E-state index contributed by atoms with van der Waals surface area (Å²) in [6.07, 6.45) is 7.37. The molecule has 1 N–H and O–H groups in total. The topological polar surface area (TPSA) is 87.5 Å². The van der Waals surface area contributed by atoms with Gasteiger partial charge in [-0.3, -0.25) is 4.79 Å². The van der Waals surface area contributed by atoms with Gasteiger partial charge in [-0.15, -0.1) is 6.42 Å². The number of anilines is 1. The van der Waals surface area contributed by atoms with Gasteiger partial charge in [-0.1, -0.05) is 23.3 Å². The summed E-state index contributed by atoms with van der Waals surface area (Å²) >= 11 is 1.48. The van der Waals surface area contributed by atoms with E-state index in [1.807, 2.05) is 36.4 Å². The van der Waals surface area contributed by atoms with E-state index in [0.717, 1.165) is 27.1 Å². The molecular weight excluding hydrogens is 440 g/mol. The van der Waals surface area contributed by atoms with E-state index >= 15 is 0 Å². The first kappa shape index (κ1) is 20.8. The molecule has 0 fully saturated rings. The number of terminal acetylenes is 1. The predicted octanol–water partition coefficient (Wildman–Crippen LogP) is 3.99. The van der Waals surface area contributed by atoms with Crippen LogP contribution in [-0.4, -0.2) is 41.5 Å². The number of rotatable bonds is 6. The number of carbonyl (C=O) groups excluding carboxylic acids is 1. The number of ether oxygens (including phenoxy) is 3. The number of fused-ring (bicyclic) bond motifs is 2. The van der Waals surface area contributed by atoms with Crippen LogP contribution in [-0.2, 0) is 4.79 Å². The van der Waals surface area contributed by atoms with Gasteiger partial charge < -0.3 is 19.5 Å². The zero-order valence-electron chi connectivity index (χ0n) is 18.0. The molecule has 1 aliphatic rings. The van der Waals surface area contributed by atoms with Gasteiger partial charge in [0.2, 0.25) is 11.0 Å². The highest BCUT2D eigenvalue weighted by Crippen LogP contribution is 2.41. The van der Waals surface area contributed by atoms with Crippen molar-refractivity contribution in [2.24, 2.45) is 0 Å². The van der Waals surface area contributed by atoms with Gasteiger partial charge in [-0.05, 0) is 35.9 Å². The Kier molecular flexibility index (Phi) is 5.36. The van der Waals surface area contributed by atoms with Gasteiger partial charge >= 0.3 is 0 Å². The van der Waals surface area contributed by atoms with Crippen molar-refractivity contribution in [2.45, 2.75) is 12.3 Å². The number of hydrogen-bond acceptors (Lipinski definition) is 7. The largest absolute Gasteiger partial charge is 0.497 e. The Hall–Kier alpha value is -4.03. The van der Waals surface area contributed by atoms with Gasteiger partial charge in [0.15, 0.2) is 11.5 Å². The fourth-order valence-corrected chi connectivity index (χ4v) is 4.87. The Morgan fingerprint density at radius 2 is 2.09 bits per heavy atom. The van der Waals surface area contributed by atoms with Gasteiger partial charge in [0, 0.05) is 17.9 Å². The number of nitrogens with zero attached hydrogens (tertiary/aromatic N) is 3. The SMILES string of the molecule is C#CCOc1ccc([C@H]2CC(=O)Nc3c2cnn3-c2nc3ccc(OC)cc3s2)cc1OC. The first-order valence-corrected chi connectivity index (χ1v) is 11.0. The molecule has 3 heterocycles. The molecule has 1 amide bonds. The van der Waals surface area contributed by atoms with E-state index in [2.05, 4.69) is 21.3 Å². The van der Waals surface area contributed by atoms with E-state index in [1.165, 1.54) is 11.3 Å².